The second-order valence-electron chi connectivity index (χ2n) is 3.58. The smallest absolute Gasteiger partial charge is 0.326 e. The second-order valence-corrected chi connectivity index (χ2v) is 4.57. The normalized spacial score (nSPS) is 11.5. The molecule has 0 bridgehead atoms. The molecule has 0 amide bonds. The zero-order chi connectivity index (χ0) is 12.0. The van der Waals surface area contributed by atoms with Crippen molar-refractivity contribution in [2.24, 2.45) is 0 Å². The van der Waals surface area contributed by atoms with Crippen LogP contribution in [0.3, 0.4) is 0 Å². The highest BCUT2D eigenvalue weighted by molar-refractivity contribution is 9.09. The predicted octanol–water partition coefficient (Wildman–Crippen LogP) is 4.70. The topological polar surface area (TPSA) is 9.23 Å². The SMILES string of the molecule is CCCCCOc1ccc(C(F)(F)Br)cc1. The van der Waals surface area contributed by atoms with Crippen molar-refractivity contribution in [3.8, 4) is 5.75 Å². The Morgan fingerprint density at radius 1 is 1.19 bits per heavy atom. The maximum Gasteiger partial charge on any atom is 0.326 e. The standard InChI is InChI=1S/C12H15BrF2O/c1-2-3-4-9-16-11-7-5-10(6-8-11)12(13,14)15/h5-8H,2-4,9H2,1H3. The van der Waals surface area contributed by atoms with Gasteiger partial charge >= 0.3 is 4.83 Å². The zero-order valence-corrected chi connectivity index (χ0v) is 10.8. The number of unbranched alkanes of at least 4 members (excludes halogenated alkanes) is 2. The molecule has 1 aromatic rings. The van der Waals surface area contributed by atoms with Gasteiger partial charge in [-0.15, -0.1) is 0 Å². The number of hydrogen-bond donors (Lipinski definition) is 0. The number of hydrogen-bond acceptors (Lipinski definition) is 1. The molecular formula is C12H15BrF2O. The van der Waals surface area contributed by atoms with Gasteiger partial charge in [-0.2, -0.15) is 8.78 Å². The third-order valence-electron chi connectivity index (χ3n) is 2.20. The highest BCUT2D eigenvalue weighted by Gasteiger charge is 2.26. The summed E-state index contributed by atoms with van der Waals surface area (Å²) in [5.74, 6) is 0.636. The number of benzene rings is 1. The molecule has 16 heavy (non-hydrogen) atoms. The molecule has 1 rings (SSSR count). The lowest BCUT2D eigenvalue weighted by Crippen LogP contribution is -2.02. The Morgan fingerprint density at radius 2 is 1.81 bits per heavy atom. The van der Waals surface area contributed by atoms with Gasteiger partial charge in [0.25, 0.3) is 0 Å². The Labute approximate surface area is 103 Å². The van der Waals surface area contributed by atoms with E-state index in [0.29, 0.717) is 12.4 Å². The molecule has 0 saturated heterocycles. The summed E-state index contributed by atoms with van der Waals surface area (Å²) in [6, 6.07) is 5.86. The number of halogens is 3. The summed E-state index contributed by atoms with van der Waals surface area (Å²) in [5, 5.41) is 0. The highest BCUT2D eigenvalue weighted by Crippen LogP contribution is 2.35. The fourth-order valence-electron chi connectivity index (χ4n) is 1.28. The van der Waals surface area contributed by atoms with E-state index in [4.69, 9.17) is 4.74 Å². The fraction of sp³-hybridized carbons (Fsp3) is 0.500. The summed E-state index contributed by atoms with van der Waals surface area (Å²) in [4.78, 5) is -2.96. The molecule has 0 unspecified atom stereocenters. The molecule has 0 aromatic heterocycles. The first-order valence-corrected chi connectivity index (χ1v) is 6.13. The van der Waals surface area contributed by atoms with Crippen molar-refractivity contribution >= 4 is 15.9 Å². The van der Waals surface area contributed by atoms with Crippen LogP contribution < -0.4 is 4.74 Å². The van der Waals surface area contributed by atoms with Crippen molar-refractivity contribution in [1.82, 2.24) is 0 Å². The average Bonchev–Trinajstić information content (AvgIpc) is 2.24. The minimum Gasteiger partial charge on any atom is -0.494 e. The molecule has 0 heterocycles. The minimum absolute atomic E-state index is 0.0617. The monoisotopic (exact) mass is 292 g/mol. The fourth-order valence-corrected chi connectivity index (χ4v) is 1.55. The van der Waals surface area contributed by atoms with Gasteiger partial charge in [0.2, 0.25) is 0 Å². The lowest BCUT2D eigenvalue weighted by Gasteiger charge is -2.10. The average molecular weight is 293 g/mol. The summed E-state index contributed by atoms with van der Waals surface area (Å²) in [5.41, 5.74) is -0.0617. The van der Waals surface area contributed by atoms with Crippen LogP contribution in [0.15, 0.2) is 24.3 Å². The minimum atomic E-state index is -2.96. The van der Waals surface area contributed by atoms with E-state index in [1.54, 1.807) is 12.1 Å². The van der Waals surface area contributed by atoms with Crippen LogP contribution in [0.1, 0.15) is 31.7 Å². The molecule has 0 aliphatic carbocycles. The Bertz CT molecular complexity index is 306. The lowest BCUT2D eigenvalue weighted by molar-refractivity contribution is 0.114. The van der Waals surface area contributed by atoms with Crippen molar-refractivity contribution in [2.75, 3.05) is 6.61 Å². The van der Waals surface area contributed by atoms with Crippen molar-refractivity contribution in [1.29, 1.82) is 0 Å². The first-order valence-electron chi connectivity index (χ1n) is 5.34. The quantitative estimate of drug-likeness (QED) is 0.545. The molecule has 90 valence electrons. The largest absolute Gasteiger partial charge is 0.494 e. The number of rotatable bonds is 6. The molecule has 1 aromatic carbocycles. The van der Waals surface area contributed by atoms with Crippen molar-refractivity contribution in [3.63, 3.8) is 0 Å². The molecule has 1 nitrogen and oxygen atoms in total. The van der Waals surface area contributed by atoms with Gasteiger partial charge in [0.1, 0.15) is 5.75 Å². The highest BCUT2D eigenvalue weighted by atomic mass is 79.9. The summed E-state index contributed by atoms with van der Waals surface area (Å²) in [7, 11) is 0. The van der Waals surface area contributed by atoms with Crippen LogP contribution in [-0.2, 0) is 4.83 Å². The predicted molar refractivity (Wildman–Crippen MR) is 64.3 cm³/mol. The van der Waals surface area contributed by atoms with Gasteiger partial charge in [-0.05, 0) is 46.6 Å². The summed E-state index contributed by atoms with van der Waals surface area (Å²) >= 11 is 2.31. The van der Waals surface area contributed by atoms with Crippen LogP contribution in [0.4, 0.5) is 8.78 Å². The molecule has 0 N–H and O–H groups in total. The van der Waals surface area contributed by atoms with Gasteiger partial charge in [-0.25, -0.2) is 0 Å². The third kappa shape index (κ3) is 4.47. The number of ether oxygens (including phenoxy) is 1. The van der Waals surface area contributed by atoms with Gasteiger partial charge in [-0.1, -0.05) is 19.8 Å². The van der Waals surface area contributed by atoms with Crippen LogP contribution in [-0.4, -0.2) is 6.61 Å². The van der Waals surface area contributed by atoms with Crippen molar-refractivity contribution < 1.29 is 13.5 Å². The zero-order valence-electron chi connectivity index (χ0n) is 9.18. The molecule has 0 saturated carbocycles. The van der Waals surface area contributed by atoms with Crippen molar-refractivity contribution in [3.05, 3.63) is 29.8 Å². The van der Waals surface area contributed by atoms with Gasteiger partial charge in [-0.3, -0.25) is 0 Å². The molecule has 0 radical (unpaired) electrons. The molecule has 0 aliphatic rings. The van der Waals surface area contributed by atoms with Crippen molar-refractivity contribution in [2.45, 2.75) is 31.0 Å². The lowest BCUT2D eigenvalue weighted by atomic mass is 10.2. The number of alkyl halides is 3. The first-order chi connectivity index (χ1) is 7.54. The Hall–Kier alpha value is -0.640. The van der Waals surface area contributed by atoms with Gasteiger partial charge in [0.05, 0.1) is 6.61 Å². The van der Waals surface area contributed by atoms with E-state index < -0.39 is 4.83 Å². The Balaban J connectivity index is 2.46. The summed E-state index contributed by atoms with van der Waals surface area (Å²) < 4.78 is 31.0. The molecule has 4 heteroatoms. The van der Waals surface area contributed by atoms with Crippen LogP contribution >= 0.6 is 15.9 Å². The van der Waals surface area contributed by atoms with E-state index in [-0.39, 0.29) is 5.56 Å². The van der Waals surface area contributed by atoms with E-state index in [1.807, 2.05) is 0 Å². The van der Waals surface area contributed by atoms with E-state index in [2.05, 4.69) is 22.9 Å². The summed E-state index contributed by atoms with van der Waals surface area (Å²) in [6.45, 7) is 2.75. The third-order valence-corrected chi connectivity index (χ3v) is 2.66. The molecule has 0 atom stereocenters. The van der Waals surface area contributed by atoms with Gasteiger partial charge < -0.3 is 4.74 Å². The molecule has 0 aliphatic heterocycles. The van der Waals surface area contributed by atoms with E-state index in [0.717, 1.165) is 19.3 Å². The van der Waals surface area contributed by atoms with E-state index in [1.165, 1.54) is 12.1 Å². The Kier molecular flexibility index (Phi) is 5.19. The van der Waals surface area contributed by atoms with Gasteiger partial charge in [0, 0.05) is 5.56 Å². The Morgan fingerprint density at radius 3 is 2.31 bits per heavy atom. The summed E-state index contributed by atoms with van der Waals surface area (Å²) in [6.07, 6.45) is 3.25. The van der Waals surface area contributed by atoms with Gasteiger partial charge in [0.15, 0.2) is 0 Å². The van der Waals surface area contributed by atoms with E-state index >= 15 is 0 Å². The second kappa shape index (κ2) is 6.18. The molecule has 0 fully saturated rings. The molecule has 0 spiro atoms. The van der Waals surface area contributed by atoms with Crippen LogP contribution in [0.5, 0.6) is 5.75 Å². The maximum absolute atomic E-state index is 12.8. The van der Waals surface area contributed by atoms with E-state index in [9.17, 15) is 8.78 Å². The maximum atomic E-state index is 12.8. The van der Waals surface area contributed by atoms with Crippen LogP contribution in [0.25, 0.3) is 0 Å². The first kappa shape index (κ1) is 13.4. The van der Waals surface area contributed by atoms with Crippen LogP contribution in [0, 0.1) is 0 Å². The van der Waals surface area contributed by atoms with Crippen LogP contribution in [0.2, 0.25) is 0 Å². The molecular weight excluding hydrogens is 278 g/mol.